The van der Waals surface area contributed by atoms with Crippen LogP contribution in [0.15, 0.2) is 47.1 Å². The quantitative estimate of drug-likeness (QED) is 0.542. The number of benzene rings is 1. The van der Waals surface area contributed by atoms with E-state index in [4.69, 9.17) is 9.52 Å². The van der Waals surface area contributed by atoms with E-state index in [0.717, 1.165) is 37.1 Å². The molecule has 2 fully saturated rings. The number of likely N-dealkylation sites (tertiary alicyclic amines) is 1. The predicted octanol–water partition coefficient (Wildman–Crippen LogP) is 5.79. The summed E-state index contributed by atoms with van der Waals surface area (Å²) in [5.74, 6) is 0.738. The van der Waals surface area contributed by atoms with Gasteiger partial charge in [-0.3, -0.25) is 4.79 Å². The summed E-state index contributed by atoms with van der Waals surface area (Å²) in [4.78, 5) is 16.0. The lowest BCUT2D eigenvalue weighted by molar-refractivity contribution is 0.0699. The average molecular weight is 418 g/mol. The van der Waals surface area contributed by atoms with Crippen molar-refractivity contribution in [3.05, 3.63) is 59.5 Å². The molecule has 0 spiro atoms. The second kappa shape index (κ2) is 6.84. The molecule has 1 amide bonds. The van der Waals surface area contributed by atoms with Crippen molar-refractivity contribution in [2.75, 3.05) is 6.54 Å². The number of furan rings is 1. The Kier molecular flexibility index (Phi) is 4.44. The van der Waals surface area contributed by atoms with E-state index >= 15 is 0 Å². The number of carbonyl (C=O) groups is 1. The van der Waals surface area contributed by atoms with Crippen LogP contribution in [0.3, 0.4) is 0 Å². The Morgan fingerprint density at radius 1 is 1.13 bits per heavy atom. The van der Waals surface area contributed by atoms with E-state index in [1.165, 1.54) is 5.56 Å². The van der Waals surface area contributed by atoms with Crippen LogP contribution in [0, 0.1) is 24.7 Å². The van der Waals surface area contributed by atoms with Crippen molar-refractivity contribution in [2.24, 2.45) is 10.8 Å². The molecule has 1 saturated carbocycles. The van der Waals surface area contributed by atoms with Gasteiger partial charge in [0.25, 0.3) is 5.91 Å². The average Bonchev–Trinajstić information content (AvgIpc) is 3.38. The number of rotatable bonds is 3. The molecule has 2 bridgehead atoms. The standard InChI is InChI=1S/C26H31N3O2/c1-17-8-9-21(18(2)11-17)29-22(12-20(27-29)23-7-6-10-31-23)24(30)28-16-26(5)14-19(28)13-25(3,4)15-26/h6-12,19H,13-16H2,1-5H3. The van der Waals surface area contributed by atoms with Crippen molar-refractivity contribution in [1.82, 2.24) is 14.7 Å². The Morgan fingerprint density at radius 2 is 1.94 bits per heavy atom. The number of nitrogens with zero attached hydrogens (tertiary/aromatic N) is 3. The van der Waals surface area contributed by atoms with E-state index in [1.807, 2.05) is 28.9 Å². The maximum atomic E-state index is 13.9. The Bertz CT molecular complexity index is 1140. The van der Waals surface area contributed by atoms with Gasteiger partial charge in [-0.1, -0.05) is 38.5 Å². The molecule has 3 aromatic rings. The second-order valence-corrected chi connectivity index (χ2v) is 10.7. The molecule has 1 aromatic carbocycles. The van der Waals surface area contributed by atoms with Crippen LogP contribution in [-0.4, -0.2) is 33.2 Å². The first kappa shape index (κ1) is 20.1. The normalized spacial score (nSPS) is 24.5. The van der Waals surface area contributed by atoms with Crippen LogP contribution >= 0.6 is 0 Å². The fourth-order valence-corrected chi connectivity index (χ4v) is 6.15. The molecule has 5 heteroatoms. The third kappa shape index (κ3) is 3.50. The molecule has 5 rings (SSSR count). The van der Waals surface area contributed by atoms with Gasteiger partial charge in [0.1, 0.15) is 11.4 Å². The highest BCUT2D eigenvalue weighted by Gasteiger charge is 2.51. The van der Waals surface area contributed by atoms with E-state index in [1.54, 1.807) is 6.26 Å². The van der Waals surface area contributed by atoms with Crippen LogP contribution in [-0.2, 0) is 0 Å². The minimum Gasteiger partial charge on any atom is -0.463 e. The minimum absolute atomic E-state index is 0.0664. The van der Waals surface area contributed by atoms with Gasteiger partial charge in [-0.05, 0) is 67.7 Å². The molecule has 0 N–H and O–H groups in total. The van der Waals surface area contributed by atoms with E-state index in [2.05, 4.69) is 51.7 Å². The van der Waals surface area contributed by atoms with Crippen molar-refractivity contribution in [3.8, 4) is 17.1 Å². The van der Waals surface area contributed by atoms with Gasteiger partial charge < -0.3 is 9.32 Å². The van der Waals surface area contributed by atoms with Crippen LogP contribution in [0.5, 0.6) is 0 Å². The molecule has 1 aliphatic heterocycles. The number of hydrogen-bond donors (Lipinski definition) is 0. The summed E-state index contributed by atoms with van der Waals surface area (Å²) in [5, 5.41) is 4.81. The summed E-state index contributed by atoms with van der Waals surface area (Å²) in [6.45, 7) is 12.0. The molecule has 2 unspecified atom stereocenters. The number of hydrogen-bond acceptors (Lipinski definition) is 3. The fraction of sp³-hybridized carbons (Fsp3) is 0.462. The lowest BCUT2D eigenvalue weighted by atomic mass is 9.65. The lowest BCUT2D eigenvalue weighted by Gasteiger charge is -2.39. The van der Waals surface area contributed by atoms with Gasteiger partial charge >= 0.3 is 0 Å². The van der Waals surface area contributed by atoms with Gasteiger partial charge in [0.15, 0.2) is 5.76 Å². The molecule has 5 nitrogen and oxygen atoms in total. The summed E-state index contributed by atoms with van der Waals surface area (Å²) in [5.41, 5.74) is 4.96. The second-order valence-electron chi connectivity index (χ2n) is 10.7. The lowest BCUT2D eigenvalue weighted by Crippen LogP contribution is -2.38. The van der Waals surface area contributed by atoms with Crippen molar-refractivity contribution < 1.29 is 9.21 Å². The summed E-state index contributed by atoms with van der Waals surface area (Å²) >= 11 is 0. The molecule has 2 atom stereocenters. The van der Waals surface area contributed by atoms with Crippen molar-refractivity contribution >= 4 is 5.91 Å². The SMILES string of the molecule is Cc1ccc(-n2nc(-c3ccco3)cc2C(=O)N2CC3(C)CC2CC(C)(C)C3)c(C)c1. The van der Waals surface area contributed by atoms with E-state index in [9.17, 15) is 4.79 Å². The number of amides is 1. The summed E-state index contributed by atoms with van der Waals surface area (Å²) in [6.07, 6.45) is 4.94. The molecular formula is C26H31N3O2. The first-order valence-corrected chi connectivity index (χ1v) is 11.2. The van der Waals surface area contributed by atoms with Crippen molar-refractivity contribution in [1.29, 1.82) is 0 Å². The highest BCUT2D eigenvalue weighted by Crippen LogP contribution is 2.52. The maximum Gasteiger partial charge on any atom is 0.272 e. The Hall–Kier alpha value is -2.82. The molecule has 1 aliphatic carbocycles. The van der Waals surface area contributed by atoms with Crippen molar-refractivity contribution in [2.45, 2.75) is 59.9 Å². The van der Waals surface area contributed by atoms with E-state index in [-0.39, 0.29) is 22.8 Å². The summed E-state index contributed by atoms with van der Waals surface area (Å²) < 4.78 is 7.40. The Labute approximate surface area is 184 Å². The van der Waals surface area contributed by atoms with Crippen molar-refractivity contribution in [3.63, 3.8) is 0 Å². The molecule has 0 radical (unpaired) electrons. The molecular weight excluding hydrogens is 386 g/mol. The molecule has 1 saturated heterocycles. The molecule has 2 aromatic heterocycles. The third-order valence-corrected chi connectivity index (χ3v) is 6.96. The van der Waals surface area contributed by atoms with Gasteiger partial charge in [0.2, 0.25) is 0 Å². The first-order chi connectivity index (χ1) is 14.6. The summed E-state index contributed by atoms with van der Waals surface area (Å²) in [6, 6.07) is 12.1. The zero-order valence-electron chi connectivity index (χ0n) is 19.1. The monoisotopic (exact) mass is 417 g/mol. The highest BCUT2D eigenvalue weighted by molar-refractivity contribution is 5.95. The highest BCUT2D eigenvalue weighted by atomic mass is 16.3. The van der Waals surface area contributed by atoms with Gasteiger partial charge in [0, 0.05) is 18.7 Å². The van der Waals surface area contributed by atoms with Crippen LogP contribution in [0.2, 0.25) is 0 Å². The topological polar surface area (TPSA) is 51.3 Å². The largest absolute Gasteiger partial charge is 0.463 e. The zero-order valence-corrected chi connectivity index (χ0v) is 19.1. The van der Waals surface area contributed by atoms with Gasteiger partial charge in [0.05, 0.1) is 12.0 Å². The Balaban J connectivity index is 1.59. The smallest absolute Gasteiger partial charge is 0.272 e. The number of aryl methyl sites for hydroxylation is 2. The molecule has 3 heterocycles. The molecule has 162 valence electrons. The summed E-state index contributed by atoms with van der Waals surface area (Å²) in [7, 11) is 0. The maximum absolute atomic E-state index is 13.9. The van der Waals surface area contributed by atoms with Gasteiger partial charge in [-0.2, -0.15) is 5.10 Å². The van der Waals surface area contributed by atoms with Crippen LogP contribution in [0.4, 0.5) is 0 Å². The minimum atomic E-state index is 0.0664. The molecule has 31 heavy (non-hydrogen) atoms. The van der Waals surface area contributed by atoms with Crippen LogP contribution in [0.25, 0.3) is 17.1 Å². The zero-order chi connectivity index (χ0) is 22.0. The van der Waals surface area contributed by atoms with Gasteiger partial charge in [-0.25, -0.2) is 4.68 Å². The van der Waals surface area contributed by atoms with Gasteiger partial charge in [-0.15, -0.1) is 0 Å². The Morgan fingerprint density at radius 3 is 2.65 bits per heavy atom. The first-order valence-electron chi connectivity index (χ1n) is 11.2. The van der Waals surface area contributed by atoms with Crippen LogP contribution in [0.1, 0.15) is 61.6 Å². The number of fused-ring (bicyclic) bond motifs is 2. The molecule has 2 aliphatic rings. The third-order valence-electron chi connectivity index (χ3n) is 6.96. The van der Waals surface area contributed by atoms with E-state index in [0.29, 0.717) is 17.1 Å². The fourth-order valence-electron chi connectivity index (χ4n) is 6.15. The van der Waals surface area contributed by atoms with Crippen LogP contribution < -0.4 is 0 Å². The van der Waals surface area contributed by atoms with E-state index < -0.39 is 0 Å². The number of aromatic nitrogens is 2. The number of carbonyl (C=O) groups excluding carboxylic acids is 1. The predicted molar refractivity (Wildman–Crippen MR) is 121 cm³/mol.